The van der Waals surface area contributed by atoms with Crippen LogP contribution in [0.2, 0.25) is 0 Å². The number of carbonyl (C=O) groups is 4. The zero-order chi connectivity index (χ0) is 24.5. The summed E-state index contributed by atoms with van der Waals surface area (Å²) in [5.41, 5.74) is -0.142. The first kappa shape index (κ1) is 26.9. The maximum Gasteiger partial charge on any atom is 0.408 e. The lowest BCUT2D eigenvalue weighted by Gasteiger charge is -2.37. The van der Waals surface area contributed by atoms with Crippen LogP contribution in [-0.2, 0) is 23.9 Å². The van der Waals surface area contributed by atoms with Crippen LogP contribution in [0.25, 0.3) is 0 Å². The molecule has 0 aliphatic carbocycles. The van der Waals surface area contributed by atoms with Crippen molar-refractivity contribution in [1.29, 1.82) is 0 Å². The highest BCUT2D eigenvalue weighted by molar-refractivity contribution is 5.93. The summed E-state index contributed by atoms with van der Waals surface area (Å²) >= 11 is 0. The lowest BCUT2D eigenvalue weighted by atomic mass is 10.0. The van der Waals surface area contributed by atoms with Crippen LogP contribution in [0.1, 0.15) is 59.6 Å². The van der Waals surface area contributed by atoms with Crippen LogP contribution in [0.3, 0.4) is 0 Å². The molecule has 1 aromatic rings. The number of nitrogens with one attached hydrogen (secondary N) is 2. The summed E-state index contributed by atoms with van der Waals surface area (Å²) in [5.74, 6) is -1.58. The SMILES string of the molecule is CCC(C)N(C(=O)C(C)NC(=O)OC(C)(C)C)C(C(=O)NCC(=O)OC)c1ccccc1. The minimum atomic E-state index is -1.01. The van der Waals surface area contributed by atoms with Crippen molar-refractivity contribution < 1.29 is 28.7 Å². The van der Waals surface area contributed by atoms with Gasteiger partial charge in [-0.1, -0.05) is 37.3 Å². The maximum absolute atomic E-state index is 13.4. The molecule has 0 aliphatic rings. The van der Waals surface area contributed by atoms with Gasteiger partial charge in [-0.15, -0.1) is 0 Å². The Morgan fingerprint density at radius 2 is 1.66 bits per heavy atom. The summed E-state index contributed by atoms with van der Waals surface area (Å²) < 4.78 is 9.83. The van der Waals surface area contributed by atoms with Crippen LogP contribution in [-0.4, -0.2) is 60.1 Å². The molecular formula is C23H35N3O6. The van der Waals surface area contributed by atoms with Gasteiger partial charge < -0.3 is 25.0 Å². The van der Waals surface area contributed by atoms with Gasteiger partial charge in [0.05, 0.1) is 7.11 Å². The summed E-state index contributed by atoms with van der Waals surface area (Å²) in [5, 5.41) is 5.08. The van der Waals surface area contributed by atoms with Gasteiger partial charge in [-0.3, -0.25) is 14.4 Å². The molecule has 0 aliphatic heterocycles. The molecule has 0 fully saturated rings. The fourth-order valence-electron chi connectivity index (χ4n) is 2.97. The van der Waals surface area contributed by atoms with Gasteiger partial charge in [0, 0.05) is 6.04 Å². The topological polar surface area (TPSA) is 114 Å². The van der Waals surface area contributed by atoms with E-state index in [0.29, 0.717) is 12.0 Å². The number of methoxy groups -OCH3 is 1. The smallest absolute Gasteiger partial charge is 0.408 e. The number of carbonyl (C=O) groups excluding carboxylic acids is 4. The van der Waals surface area contributed by atoms with Gasteiger partial charge in [-0.2, -0.15) is 0 Å². The van der Waals surface area contributed by atoms with E-state index in [1.54, 1.807) is 51.1 Å². The normalized spacial score (nSPS) is 13.8. The first-order chi connectivity index (χ1) is 14.9. The highest BCUT2D eigenvalue weighted by Crippen LogP contribution is 2.26. The predicted octanol–water partition coefficient (Wildman–Crippen LogP) is 2.56. The number of alkyl carbamates (subject to hydrolysis) is 1. The van der Waals surface area contributed by atoms with Crippen molar-refractivity contribution in [3.8, 4) is 0 Å². The monoisotopic (exact) mass is 449 g/mol. The zero-order valence-corrected chi connectivity index (χ0v) is 19.9. The van der Waals surface area contributed by atoms with Crippen molar-refractivity contribution in [1.82, 2.24) is 15.5 Å². The molecule has 3 unspecified atom stereocenters. The van der Waals surface area contributed by atoms with Crippen molar-refractivity contribution in [2.45, 2.75) is 71.7 Å². The van der Waals surface area contributed by atoms with E-state index in [4.69, 9.17) is 4.74 Å². The molecule has 0 heterocycles. The molecule has 32 heavy (non-hydrogen) atoms. The second-order valence-corrected chi connectivity index (χ2v) is 8.48. The third-order valence-corrected chi connectivity index (χ3v) is 4.70. The Bertz CT molecular complexity index is 791. The molecule has 0 saturated heterocycles. The van der Waals surface area contributed by atoms with Crippen LogP contribution in [0.5, 0.6) is 0 Å². The second kappa shape index (κ2) is 12.1. The van der Waals surface area contributed by atoms with Crippen LogP contribution in [0.15, 0.2) is 30.3 Å². The van der Waals surface area contributed by atoms with E-state index in [2.05, 4.69) is 15.4 Å². The van der Waals surface area contributed by atoms with E-state index in [-0.39, 0.29) is 12.6 Å². The molecule has 2 N–H and O–H groups in total. The van der Waals surface area contributed by atoms with Gasteiger partial charge in [0.2, 0.25) is 11.8 Å². The van der Waals surface area contributed by atoms with Crippen LogP contribution < -0.4 is 10.6 Å². The number of nitrogens with zero attached hydrogens (tertiary/aromatic N) is 1. The summed E-state index contributed by atoms with van der Waals surface area (Å²) in [4.78, 5) is 51.7. The maximum atomic E-state index is 13.4. The number of ether oxygens (including phenoxy) is 2. The average Bonchev–Trinajstić information content (AvgIpc) is 2.73. The predicted molar refractivity (Wildman–Crippen MR) is 120 cm³/mol. The van der Waals surface area contributed by atoms with Crippen molar-refractivity contribution in [2.24, 2.45) is 0 Å². The third-order valence-electron chi connectivity index (χ3n) is 4.70. The fourth-order valence-corrected chi connectivity index (χ4v) is 2.97. The molecule has 0 saturated carbocycles. The first-order valence-corrected chi connectivity index (χ1v) is 10.6. The summed E-state index contributed by atoms with van der Waals surface area (Å²) in [6, 6.07) is 6.50. The van der Waals surface area contributed by atoms with Gasteiger partial charge in [-0.05, 0) is 46.6 Å². The molecule has 0 spiro atoms. The Balaban J connectivity index is 3.25. The van der Waals surface area contributed by atoms with Gasteiger partial charge in [0.25, 0.3) is 0 Å². The third kappa shape index (κ3) is 8.20. The van der Waals surface area contributed by atoms with Crippen molar-refractivity contribution >= 4 is 23.9 Å². The number of hydrogen-bond acceptors (Lipinski definition) is 6. The number of esters is 1. The quantitative estimate of drug-likeness (QED) is 0.560. The highest BCUT2D eigenvalue weighted by atomic mass is 16.6. The standard InChI is InChI=1S/C23H35N3O6/c1-8-15(2)26(21(29)16(3)25-22(30)32-23(4,5)6)19(17-12-10-9-11-13-17)20(28)24-14-18(27)31-7/h9-13,15-16,19H,8,14H2,1-7H3,(H,24,28)(H,25,30). The molecule has 3 amide bonds. The van der Waals surface area contributed by atoms with Gasteiger partial charge in [0.15, 0.2) is 0 Å². The Morgan fingerprint density at radius 1 is 1.06 bits per heavy atom. The Morgan fingerprint density at radius 3 is 2.16 bits per heavy atom. The van der Waals surface area contributed by atoms with E-state index >= 15 is 0 Å². The highest BCUT2D eigenvalue weighted by Gasteiger charge is 2.37. The molecule has 1 aromatic carbocycles. The minimum absolute atomic E-state index is 0.326. The summed E-state index contributed by atoms with van der Waals surface area (Å²) in [7, 11) is 1.22. The molecule has 0 radical (unpaired) electrons. The molecule has 3 atom stereocenters. The molecule has 9 nitrogen and oxygen atoms in total. The lowest BCUT2D eigenvalue weighted by Crippen LogP contribution is -2.54. The molecule has 0 aromatic heterocycles. The van der Waals surface area contributed by atoms with Crippen LogP contribution in [0.4, 0.5) is 4.79 Å². The molecule has 1 rings (SSSR count). The van der Waals surface area contributed by atoms with E-state index in [1.807, 2.05) is 13.8 Å². The van der Waals surface area contributed by atoms with Gasteiger partial charge in [0.1, 0.15) is 24.2 Å². The van der Waals surface area contributed by atoms with Gasteiger partial charge in [-0.25, -0.2) is 4.79 Å². The molecule has 0 bridgehead atoms. The van der Waals surface area contributed by atoms with Crippen LogP contribution >= 0.6 is 0 Å². The molecule has 9 heteroatoms. The fraction of sp³-hybridized carbons (Fsp3) is 0.565. The number of amides is 3. The van der Waals surface area contributed by atoms with Crippen LogP contribution in [0, 0.1) is 0 Å². The molecular weight excluding hydrogens is 414 g/mol. The lowest BCUT2D eigenvalue weighted by molar-refractivity contribution is -0.146. The number of benzene rings is 1. The summed E-state index contributed by atoms with van der Waals surface area (Å²) in [6.07, 6.45) is -0.160. The van der Waals surface area contributed by atoms with Gasteiger partial charge >= 0.3 is 12.1 Å². The number of rotatable bonds is 9. The first-order valence-electron chi connectivity index (χ1n) is 10.6. The van der Waals surface area contributed by atoms with Crippen molar-refractivity contribution in [2.75, 3.05) is 13.7 Å². The Hall–Kier alpha value is -3.10. The minimum Gasteiger partial charge on any atom is -0.468 e. The number of hydrogen-bond donors (Lipinski definition) is 2. The van der Waals surface area contributed by atoms with E-state index in [0.717, 1.165) is 0 Å². The van der Waals surface area contributed by atoms with Crippen molar-refractivity contribution in [3.05, 3.63) is 35.9 Å². The van der Waals surface area contributed by atoms with E-state index < -0.39 is 41.6 Å². The van der Waals surface area contributed by atoms with E-state index in [1.165, 1.54) is 18.9 Å². The average molecular weight is 450 g/mol. The molecule has 178 valence electrons. The Labute approximate surface area is 189 Å². The van der Waals surface area contributed by atoms with Crippen molar-refractivity contribution in [3.63, 3.8) is 0 Å². The second-order valence-electron chi connectivity index (χ2n) is 8.48. The largest absolute Gasteiger partial charge is 0.468 e. The zero-order valence-electron chi connectivity index (χ0n) is 19.9. The van der Waals surface area contributed by atoms with E-state index in [9.17, 15) is 19.2 Å². The summed E-state index contributed by atoms with van der Waals surface area (Å²) in [6.45, 7) is 10.1. The Kier molecular flexibility index (Phi) is 10.2.